The molecule has 0 amide bonds. The molecule has 0 atom stereocenters. The van der Waals surface area contributed by atoms with Crippen LogP contribution < -0.4 is 0 Å². The van der Waals surface area contributed by atoms with Gasteiger partial charge < -0.3 is 4.23 Å². The fourth-order valence-corrected chi connectivity index (χ4v) is 2.37. The maximum Gasteiger partial charge on any atom is 0.115 e. The Labute approximate surface area is 94.5 Å². The van der Waals surface area contributed by atoms with Crippen LogP contribution in [0.4, 0.5) is 0 Å². The molecule has 0 aliphatic rings. The third-order valence-corrected chi connectivity index (χ3v) is 3.45. The van der Waals surface area contributed by atoms with Gasteiger partial charge in [-0.05, 0) is 0 Å². The van der Waals surface area contributed by atoms with Crippen molar-refractivity contribution in [3.63, 3.8) is 0 Å². The molecule has 0 spiro atoms. The first-order valence-electron chi connectivity index (χ1n) is 5.10. The van der Waals surface area contributed by atoms with E-state index in [1.165, 1.54) is 5.69 Å². The van der Waals surface area contributed by atoms with Crippen LogP contribution in [-0.4, -0.2) is 19.6 Å². The summed E-state index contributed by atoms with van der Waals surface area (Å²) in [4.78, 5) is 4.62. The van der Waals surface area contributed by atoms with Crippen LogP contribution in [0.3, 0.4) is 0 Å². The highest BCUT2D eigenvalue weighted by Gasteiger charge is 2.10. The van der Waals surface area contributed by atoms with Crippen LogP contribution in [0.5, 0.6) is 0 Å². The summed E-state index contributed by atoms with van der Waals surface area (Å²) in [6, 6.07) is 0. The Kier molecular flexibility index (Phi) is 4.30. The fourth-order valence-electron chi connectivity index (χ4n) is 1.65. The molecule has 0 aromatic carbocycles. The maximum absolute atomic E-state index is 4.62. The largest absolute Gasteiger partial charge is 0.368 e. The van der Waals surface area contributed by atoms with Gasteiger partial charge in [0, 0.05) is 25.0 Å². The molecule has 0 bridgehead atoms. The number of imidazole rings is 1. The predicted octanol–water partition coefficient (Wildman–Crippen LogP) is 1.20. The molecule has 0 fully saturated rings. The summed E-state index contributed by atoms with van der Waals surface area (Å²) in [5.74, 6) is 1.12. The van der Waals surface area contributed by atoms with Crippen LogP contribution in [0.2, 0.25) is 0 Å². The van der Waals surface area contributed by atoms with E-state index in [-0.39, 0.29) is 0 Å². The summed E-state index contributed by atoms with van der Waals surface area (Å²) in [5, 5.41) is 0. The van der Waals surface area contributed by atoms with Gasteiger partial charge in [0.15, 0.2) is 0 Å². The molecule has 0 saturated heterocycles. The first-order valence-corrected chi connectivity index (χ1v) is 6.00. The fraction of sp³-hybridized carbons (Fsp3) is 0.250. The number of hydrogen-bond acceptors (Lipinski definition) is 1. The molecule has 0 radical (unpaired) electrons. The number of nitrogens with zero attached hydrogens (tertiary/aromatic N) is 2. The minimum absolute atomic E-state index is 0.836. The zero-order valence-electron chi connectivity index (χ0n) is 9.37. The van der Waals surface area contributed by atoms with Crippen molar-refractivity contribution < 1.29 is 0 Å². The second-order valence-corrected chi connectivity index (χ2v) is 4.35. The molecule has 1 heterocycles. The van der Waals surface area contributed by atoms with Gasteiger partial charge in [0.1, 0.15) is 16.2 Å². The Balaban J connectivity index is 3.11. The molecule has 1 aromatic heterocycles. The lowest BCUT2D eigenvalue weighted by Crippen LogP contribution is -2.03. The summed E-state index contributed by atoms with van der Waals surface area (Å²) >= 11 is 0. The average Bonchev–Trinajstić information content (AvgIpc) is 2.49. The van der Waals surface area contributed by atoms with E-state index in [1.807, 2.05) is 18.2 Å². The second kappa shape index (κ2) is 5.51. The van der Waals surface area contributed by atoms with Crippen molar-refractivity contribution in [3.8, 4) is 0 Å². The van der Waals surface area contributed by atoms with E-state index >= 15 is 0 Å². The Morgan fingerprint density at radius 3 is 2.20 bits per heavy atom. The highest BCUT2D eigenvalue weighted by atomic mass is 28.2. The van der Waals surface area contributed by atoms with Crippen LogP contribution in [0, 0.1) is 0 Å². The van der Waals surface area contributed by atoms with Crippen molar-refractivity contribution in [1.29, 1.82) is 0 Å². The first-order chi connectivity index (χ1) is 7.24. The number of allylic oxidation sites excluding steroid dienone is 3. The van der Waals surface area contributed by atoms with Gasteiger partial charge in [-0.25, -0.2) is 4.98 Å². The number of aromatic nitrogens is 2. The second-order valence-electron chi connectivity index (χ2n) is 3.46. The van der Waals surface area contributed by atoms with Crippen molar-refractivity contribution in [1.82, 2.24) is 9.22 Å². The molecular weight excluding hydrogens is 200 g/mol. The van der Waals surface area contributed by atoms with Gasteiger partial charge in [-0.2, -0.15) is 0 Å². The van der Waals surface area contributed by atoms with Gasteiger partial charge in [-0.1, -0.05) is 18.2 Å². The Morgan fingerprint density at radius 2 is 1.67 bits per heavy atom. The zero-order valence-corrected chi connectivity index (χ0v) is 11.4. The summed E-state index contributed by atoms with van der Waals surface area (Å²) in [7, 11) is 0.958. The van der Waals surface area contributed by atoms with Crippen LogP contribution >= 0.6 is 0 Å². The van der Waals surface area contributed by atoms with Gasteiger partial charge in [0.05, 0.1) is 5.69 Å². The van der Waals surface area contributed by atoms with Crippen molar-refractivity contribution in [2.75, 3.05) is 0 Å². The van der Waals surface area contributed by atoms with E-state index in [2.05, 4.69) is 29.0 Å². The normalized spacial score (nSPS) is 10.1. The molecule has 3 heteroatoms. The van der Waals surface area contributed by atoms with Crippen LogP contribution in [0.1, 0.15) is 17.2 Å². The molecule has 1 aromatic rings. The highest BCUT2D eigenvalue weighted by Crippen LogP contribution is 2.13. The molecule has 80 valence electrons. The lowest BCUT2D eigenvalue weighted by atomic mass is 10.2. The van der Waals surface area contributed by atoms with Crippen molar-refractivity contribution >= 4 is 10.4 Å². The predicted molar refractivity (Wildman–Crippen MR) is 69.3 cm³/mol. The van der Waals surface area contributed by atoms with Gasteiger partial charge in [0.2, 0.25) is 0 Å². The van der Waals surface area contributed by atoms with E-state index in [1.54, 1.807) is 0 Å². The van der Waals surface area contributed by atoms with E-state index in [9.17, 15) is 0 Å². The number of rotatable bonds is 6. The minimum Gasteiger partial charge on any atom is -0.368 e. The summed E-state index contributed by atoms with van der Waals surface area (Å²) in [5.41, 5.74) is 2.42. The first kappa shape index (κ1) is 11.7. The van der Waals surface area contributed by atoms with Crippen LogP contribution in [-0.2, 0) is 19.3 Å². The number of hydrogen-bond donors (Lipinski definition) is 0. The third-order valence-electron chi connectivity index (χ3n) is 2.39. The molecular formula is C12H18N2Si. The molecule has 0 aliphatic heterocycles. The minimum atomic E-state index is 0.836. The summed E-state index contributed by atoms with van der Waals surface area (Å²) < 4.78 is 2.27. The molecule has 2 nitrogen and oxygen atoms in total. The highest BCUT2D eigenvalue weighted by molar-refractivity contribution is 6.07. The van der Waals surface area contributed by atoms with Gasteiger partial charge in [-0.15, -0.1) is 19.7 Å². The smallest absolute Gasteiger partial charge is 0.115 e. The molecule has 1 rings (SSSR count). The third kappa shape index (κ3) is 2.56. The van der Waals surface area contributed by atoms with Crippen molar-refractivity contribution in [2.24, 2.45) is 0 Å². The molecule has 0 unspecified atom stereocenters. The molecule has 0 aliphatic carbocycles. The SMILES string of the molecule is C=CCc1nc(CC=C)n([SiH3])c1CC=C. The van der Waals surface area contributed by atoms with Gasteiger partial charge in [0.25, 0.3) is 0 Å². The van der Waals surface area contributed by atoms with Crippen molar-refractivity contribution in [2.45, 2.75) is 19.3 Å². The monoisotopic (exact) mass is 218 g/mol. The van der Waals surface area contributed by atoms with E-state index < -0.39 is 0 Å². The lowest BCUT2D eigenvalue weighted by molar-refractivity contribution is 0.970. The molecule has 0 N–H and O–H groups in total. The molecule has 15 heavy (non-hydrogen) atoms. The topological polar surface area (TPSA) is 17.8 Å². The Hall–Kier alpha value is -1.35. The quantitative estimate of drug-likeness (QED) is 0.518. The lowest BCUT2D eigenvalue weighted by Gasteiger charge is -2.03. The standard InChI is InChI=1S/C12H18N2Si/c1-4-7-10-11(8-5-2)14(15)12(13-10)9-6-3/h4-6H,1-3,7-9H2,15H3. The average molecular weight is 218 g/mol. The van der Waals surface area contributed by atoms with E-state index in [4.69, 9.17) is 0 Å². The Morgan fingerprint density at radius 1 is 1.07 bits per heavy atom. The van der Waals surface area contributed by atoms with Gasteiger partial charge >= 0.3 is 0 Å². The van der Waals surface area contributed by atoms with Crippen LogP contribution in [0.25, 0.3) is 0 Å². The summed E-state index contributed by atoms with van der Waals surface area (Å²) in [6.07, 6.45) is 8.28. The van der Waals surface area contributed by atoms with E-state index in [0.29, 0.717) is 0 Å². The van der Waals surface area contributed by atoms with E-state index in [0.717, 1.165) is 41.2 Å². The van der Waals surface area contributed by atoms with Gasteiger partial charge in [-0.3, -0.25) is 0 Å². The zero-order chi connectivity index (χ0) is 11.3. The Bertz CT molecular complexity index is 377. The summed E-state index contributed by atoms with van der Waals surface area (Å²) in [6.45, 7) is 11.3. The van der Waals surface area contributed by atoms with Crippen LogP contribution in [0.15, 0.2) is 38.0 Å². The van der Waals surface area contributed by atoms with Crippen molar-refractivity contribution in [3.05, 3.63) is 55.2 Å². The maximum atomic E-state index is 4.62. The molecule has 0 saturated carbocycles.